The maximum Gasteiger partial charge on any atom is 0.326 e. The number of hydrogen-bond donors (Lipinski definition) is 8. The maximum absolute atomic E-state index is 13.4. The first-order valence-electron chi connectivity index (χ1n) is 12.1. The third kappa shape index (κ3) is 10.4. The number of carboxylic acids is 2. The van der Waals surface area contributed by atoms with Crippen LogP contribution in [0.1, 0.15) is 24.0 Å². The van der Waals surface area contributed by atoms with Crippen molar-refractivity contribution in [1.82, 2.24) is 16.0 Å². The lowest BCUT2D eigenvalue weighted by molar-refractivity contribution is -0.143. The van der Waals surface area contributed by atoms with E-state index < -0.39 is 72.6 Å². The van der Waals surface area contributed by atoms with Gasteiger partial charge in [-0.05, 0) is 23.3 Å². The SMILES string of the molecule is NC(=O)CC(NC(=O)C(Cc1ccccc1)NC(=O)C(Cc1ccc(O)cc1)NC(=O)C(N)CC(=O)O)C(=O)O. The van der Waals surface area contributed by atoms with Crippen molar-refractivity contribution in [2.75, 3.05) is 0 Å². The Hall–Kier alpha value is -4.98. The van der Waals surface area contributed by atoms with E-state index in [1.54, 1.807) is 30.3 Å². The van der Waals surface area contributed by atoms with Crippen molar-refractivity contribution in [3.63, 3.8) is 0 Å². The summed E-state index contributed by atoms with van der Waals surface area (Å²) < 4.78 is 0. The van der Waals surface area contributed by atoms with Crippen molar-refractivity contribution >= 4 is 35.6 Å². The molecule has 4 atom stereocenters. The highest BCUT2D eigenvalue weighted by Crippen LogP contribution is 2.12. The maximum atomic E-state index is 13.4. The molecule has 14 nitrogen and oxygen atoms in total. The van der Waals surface area contributed by atoms with Gasteiger partial charge in [-0.3, -0.25) is 24.0 Å². The third-order valence-electron chi connectivity index (χ3n) is 5.68. The summed E-state index contributed by atoms with van der Waals surface area (Å²) in [6.07, 6.45) is -1.60. The summed E-state index contributed by atoms with van der Waals surface area (Å²) in [5.41, 5.74) is 11.8. The fourth-order valence-electron chi connectivity index (χ4n) is 3.64. The third-order valence-corrected chi connectivity index (χ3v) is 5.68. The highest BCUT2D eigenvalue weighted by molar-refractivity contribution is 5.95. The van der Waals surface area contributed by atoms with Gasteiger partial charge >= 0.3 is 11.9 Å². The van der Waals surface area contributed by atoms with E-state index in [0.717, 1.165) is 0 Å². The van der Waals surface area contributed by atoms with E-state index in [1.807, 2.05) is 0 Å². The summed E-state index contributed by atoms with van der Waals surface area (Å²) in [5, 5.41) is 35.0. The number of nitrogens with one attached hydrogen (secondary N) is 3. The Labute approximate surface area is 228 Å². The number of amides is 4. The Morgan fingerprint density at radius 1 is 0.675 bits per heavy atom. The van der Waals surface area contributed by atoms with Gasteiger partial charge in [0.25, 0.3) is 0 Å². The van der Waals surface area contributed by atoms with Gasteiger partial charge in [0.15, 0.2) is 0 Å². The molecule has 2 rings (SSSR count). The average molecular weight is 558 g/mol. The van der Waals surface area contributed by atoms with E-state index in [4.69, 9.17) is 16.6 Å². The van der Waals surface area contributed by atoms with Gasteiger partial charge in [-0.25, -0.2) is 4.79 Å². The molecule has 0 aliphatic carbocycles. The molecule has 0 aliphatic rings. The Morgan fingerprint density at radius 3 is 1.62 bits per heavy atom. The highest BCUT2D eigenvalue weighted by Gasteiger charge is 2.31. The van der Waals surface area contributed by atoms with Gasteiger partial charge in [-0.1, -0.05) is 42.5 Å². The smallest absolute Gasteiger partial charge is 0.326 e. The second-order valence-electron chi connectivity index (χ2n) is 8.96. The molecule has 0 aliphatic heterocycles. The van der Waals surface area contributed by atoms with Crippen LogP contribution in [0.2, 0.25) is 0 Å². The summed E-state index contributed by atoms with van der Waals surface area (Å²) in [6, 6.07) is 8.35. The van der Waals surface area contributed by atoms with Crippen LogP contribution in [0.4, 0.5) is 0 Å². The van der Waals surface area contributed by atoms with Crippen LogP contribution in [-0.4, -0.2) is 75.1 Å². The van der Waals surface area contributed by atoms with Crippen molar-refractivity contribution < 1.29 is 44.1 Å². The van der Waals surface area contributed by atoms with E-state index in [9.17, 15) is 39.0 Å². The van der Waals surface area contributed by atoms with E-state index in [2.05, 4.69) is 16.0 Å². The summed E-state index contributed by atoms with van der Waals surface area (Å²) in [4.78, 5) is 72.9. The number of primary amides is 1. The number of carboxylic acid groups (broad SMARTS) is 2. The van der Waals surface area contributed by atoms with Gasteiger partial charge in [0.05, 0.1) is 18.9 Å². The number of hydrogen-bond acceptors (Lipinski definition) is 8. The molecule has 0 spiro atoms. The lowest BCUT2D eigenvalue weighted by Crippen LogP contribution is -2.58. The van der Waals surface area contributed by atoms with Crippen LogP contribution in [0.15, 0.2) is 54.6 Å². The Bertz CT molecular complexity index is 1220. The zero-order valence-corrected chi connectivity index (χ0v) is 21.3. The van der Waals surface area contributed by atoms with Gasteiger partial charge in [-0.2, -0.15) is 0 Å². The predicted octanol–water partition coefficient (Wildman–Crippen LogP) is -1.61. The molecule has 214 valence electrons. The van der Waals surface area contributed by atoms with Gasteiger partial charge in [-0.15, -0.1) is 0 Å². The molecule has 0 radical (unpaired) electrons. The predicted molar refractivity (Wildman–Crippen MR) is 139 cm³/mol. The number of phenols is 1. The number of carbonyl (C=O) groups excluding carboxylic acids is 4. The van der Waals surface area contributed by atoms with Gasteiger partial charge < -0.3 is 42.7 Å². The van der Waals surface area contributed by atoms with Gasteiger partial charge in [0.2, 0.25) is 23.6 Å². The van der Waals surface area contributed by atoms with Crippen LogP contribution in [0, 0.1) is 0 Å². The van der Waals surface area contributed by atoms with Crippen molar-refractivity contribution in [2.24, 2.45) is 11.5 Å². The summed E-state index contributed by atoms with van der Waals surface area (Å²) in [7, 11) is 0. The topological polar surface area (TPSA) is 251 Å². The second kappa shape index (κ2) is 14.8. The van der Waals surface area contributed by atoms with Crippen molar-refractivity contribution in [3.8, 4) is 5.75 Å². The molecule has 0 heterocycles. The molecular weight excluding hydrogens is 526 g/mol. The Morgan fingerprint density at radius 2 is 1.15 bits per heavy atom. The molecule has 0 aromatic heterocycles. The van der Waals surface area contributed by atoms with E-state index in [0.29, 0.717) is 11.1 Å². The second-order valence-corrected chi connectivity index (χ2v) is 8.96. The first kappa shape index (κ1) is 31.2. The lowest BCUT2D eigenvalue weighted by atomic mass is 10.0. The quantitative estimate of drug-likeness (QED) is 0.124. The molecule has 4 amide bonds. The Balaban J connectivity index is 2.33. The molecule has 0 saturated carbocycles. The molecule has 2 aromatic rings. The molecule has 0 saturated heterocycles. The number of phenolic OH excluding ortho intramolecular Hbond substituents is 1. The molecule has 2 aromatic carbocycles. The number of rotatable bonds is 15. The van der Waals surface area contributed by atoms with E-state index in [1.165, 1.54) is 24.3 Å². The summed E-state index contributed by atoms with van der Waals surface area (Å²) >= 11 is 0. The normalized spacial score (nSPS) is 13.6. The number of aliphatic carboxylic acids is 2. The van der Waals surface area contributed by atoms with Gasteiger partial charge in [0, 0.05) is 12.8 Å². The van der Waals surface area contributed by atoms with Crippen LogP contribution in [0.3, 0.4) is 0 Å². The van der Waals surface area contributed by atoms with Crippen molar-refractivity contribution in [2.45, 2.75) is 49.9 Å². The molecule has 0 bridgehead atoms. The molecule has 14 heteroatoms. The minimum absolute atomic E-state index is 0.0409. The van der Waals surface area contributed by atoms with Gasteiger partial charge in [0.1, 0.15) is 23.9 Å². The summed E-state index contributed by atoms with van der Waals surface area (Å²) in [6.45, 7) is 0. The number of nitrogens with two attached hydrogens (primary N) is 2. The van der Waals surface area contributed by atoms with Crippen molar-refractivity contribution in [1.29, 1.82) is 0 Å². The molecule has 40 heavy (non-hydrogen) atoms. The fraction of sp³-hybridized carbons (Fsp3) is 0.308. The Kier molecular flexibility index (Phi) is 11.6. The number of aromatic hydroxyl groups is 1. The fourth-order valence-corrected chi connectivity index (χ4v) is 3.64. The zero-order valence-electron chi connectivity index (χ0n) is 21.3. The van der Waals surface area contributed by atoms with Crippen LogP contribution in [0.25, 0.3) is 0 Å². The lowest BCUT2D eigenvalue weighted by Gasteiger charge is -2.25. The molecule has 0 fully saturated rings. The highest BCUT2D eigenvalue weighted by atomic mass is 16.4. The van der Waals surface area contributed by atoms with Crippen LogP contribution in [-0.2, 0) is 41.6 Å². The first-order chi connectivity index (χ1) is 18.8. The minimum atomic E-state index is -1.65. The molecule has 4 unspecified atom stereocenters. The van der Waals surface area contributed by atoms with Crippen LogP contribution < -0.4 is 27.4 Å². The van der Waals surface area contributed by atoms with E-state index in [-0.39, 0.29) is 18.6 Å². The largest absolute Gasteiger partial charge is 0.508 e. The van der Waals surface area contributed by atoms with E-state index >= 15 is 0 Å². The molecule has 10 N–H and O–H groups in total. The first-order valence-corrected chi connectivity index (χ1v) is 12.1. The van der Waals surface area contributed by atoms with Crippen LogP contribution in [0.5, 0.6) is 5.75 Å². The standard InChI is InChI=1S/C26H31N5O9/c27-17(12-22(34)35)23(36)29-18(11-15-6-8-16(32)9-7-15)24(37)30-19(10-14-4-2-1-3-5-14)25(38)31-20(26(39)40)13-21(28)33/h1-9,17-20,32H,10-13,27H2,(H2,28,33)(H,29,36)(H,30,37)(H,31,38)(H,34,35)(H,39,40). The van der Waals surface area contributed by atoms with Crippen LogP contribution >= 0.6 is 0 Å². The monoisotopic (exact) mass is 557 g/mol. The minimum Gasteiger partial charge on any atom is -0.508 e. The van der Waals surface area contributed by atoms with Crippen molar-refractivity contribution in [3.05, 3.63) is 65.7 Å². The molecular formula is C26H31N5O9. The number of carbonyl (C=O) groups is 6. The zero-order chi connectivity index (χ0) is 29.8. The number of benzene rings is 2. The summed E-state index contributed by atoms with van der Waals surface area (Å²) in [5.74, 6) is -6.57. The average Bonchev–Trinajstić information content (AvgIpc) is 2.88.